The van der Waals surface area contributed by atoms with Crippen LogP contribution in [0.4, 0.5) is 0 Å². The Hall–Kier alpha value is -1.39. The third-order valence-electron chi connectivity index (χ3n) is 3.66. The normalized spacial score (nSPS) is 22.0. The van der Waals surface area contributed by atoms with Crippen molar-refractivity contribution in [2.24, 2.45) is 11.7 Å². The molecule has 98 valence electrons. The summed E-state index contributed by atoms with van der Waals surface area (Å²) in [5.41, 5.74) is 8.26. The monoisotopic (exact) mass is 248 g/mol. The van der Waals surface area contributed by atoms with E-state index in [-0.39, 0.29) is 12.0 Å². The number of carboxylic acid groups (broad SMARTS) is 1. The molecule has 2 rings (SSSR count). The number of hydrogen-bond donors (Lipinski definition) is 2. The zero-order valence-electron chi connectivity index (χ0n) is 10.7. The Bertz CT molecular complexity index is 434. The fourth-order valence-corrected chi connectivity index (χ4v) is 2.65. The van der Waals surface area contributed by atoms with Gasteiger partial charge in [-0.25, -0.2) is 0 Å². The van der Waals surface area contributed by atoms with Crippen molar-refractivity contribution in [2.75, 3.05) is 19.6 Å². The molecule has 0 radical (unpaired) electrons. The van der Waals surface area contributed by atoms with Crippen LogP contribution in [0.25, 0.3) is 0 Å². The van der Waals surface area contributed by atoms with Gasteiger partial charge in [0.15, 0.2) is 0 Å². The predicted octanol–water partition coefficient (Wildman–Crippen LogP) is 1.40. The Balaban J connectivity index is 2.13. The van der Waals surface area contributed by atoms with Gasteiger partial charge in [-0.2, -0.15) is 0 Å². The molecule has 1 aliphatic heterocycles. The van der Waals surface area contributed by atoms with E-state index in [1.54, 1.807) is 0 Å². The summed E-state index contributed by atoms with van der Waals surface area (Å²) in [5.74, 6) is -0.943. The number of carbonyl (C=O) groups is 1. The lowest BCUT2D eigenvalue weighted by Gasteiger charge is -2.27. The minimum absolute atomic E-state index is 0.134. The fraction of sp³-hybridized carbons (Fsp3) is 0.500. The molecule has 0 aromatic heterocycles. The van der Waals surface area contributed by atoms with Crippen LogP contribution in [0, 0.1) is 12.8 Å². The van der Waals surface area contributed by atoms with Gasteiger partial charge >= 0.3 is 5.97 Å². The Morgan fingerprint density at radius 2 is 2.39 bits per heavy atom. The van der Waals surface area contributed by atoms with E-state index < -0.39 is 5.97 Å². The smallest absolute Gasteiger partial charge is 0.307 e. The summed E-state index contributed by atoms with van der Waals surface area (Å²) in [7, 11) is 0. The van der Waals surface area contributed by atoms with E-state index >= 15 is 0 Å². The second-order valence-electron chi connectivity index (χ2n) is 4.98. The number of nitrogens with zero attached hydrogens (tertiary/aromatic N) is 1. The highest BCUT2D eigenvalue weighted by Crippen LogP contribution is 2.27. The third-order valence-corrected chi connectivity index (χ3v) is 3.66. The van der Waals surface area contributed by atoms with E-state index in [2.05, 4.69) is 30.0 Å². The highest BCUT2D eigenvalue weighted by molar-refractivity contribution is 5.70. The molecule has 0 spiro atoms. The lowest BCUT2D eigenvalue weighted by Crippen LogP contribution is -2.32. The molecule has 1 heterocycles. The van der Waals surface area contributed by atoms with E-state index in [0.717, 1.165) is 13.0 Å². The summed E-state index contributed by atoms with van der Waals surface area (Å²) in [6, 6.07) is 8.41. The zero-order chi connectivity index (χ0) is 13.1. The second kappa shape index (κ2) is 5.50. The van der Waals surface area contributed by atoms with E-state index in [4.69, 9.17) is 10.8 Å². The fourth-order valence-electron chi connectivity index (χ4n) is 2.65. The minimum atomic E-state index is -0.697. The molecule has 0 bridgehead atoms. The molecule has 1 fully saturated rings. The lowest BCUT2D eigenvalue weighted by atomic mass is 10.0. The maximum atomic E-state index is 11.0. The van der Waals surface area contributed by atoms with Gasteiger partial charge in [-0.1, -0.05) is 29.8 Å². The first-order valence-electron chi connectivity index (χ1n) is 6.35. The molecule has 0 aliphatic carbocycles. The van der Waals surface area contributed by atoms with Gasteiger partial charge in [-0.05, 0) is 25.5 Å². The average Bonchev–Trinajstić information content (AvgIpc) is 2.80. The van der Waals surface area contributed by atoms with Gasteiger partial charge in [-0.15, -0.1) is 0 Å². The summed E-state index contributed by atoms with van der Waals surface area (Å²) in [5, 5.41) is 9.04. The molecule has 4 heteroatoms. The number of hydrogen-bond acceptors (Lipinski definition) is 3. The van der Waals surface area contributed by atoms with Crippen LogP contribution in [0.3, 0.4) is 0 Å². The van der Waals surface area contributed by atoms with Crippen LogP contribution in [0.15, 0.2) is 24.3 Å². The van der Waals surface area contributed by atoms with Gasteiger partial charge in [0.2, 0.25) is 0 Å². The van der Waals surface area contributed by atoms with Crippen LogP contribution in [0.2, 0.25) is 0 Å². The largest absolute Gasteiger partial charge is 0.481 e. The van der Waals surface area contributed by atoms with Gasteiger partial charge in [0, 0.05) is 19.1 Å². The van der Waals surface area contributed by atoms with Crippen LogP contribution < -0.4 is 5.73 Å². The molecule has 4 nitrogen and oxygen atoms in total. The number of rotatable bonds is 4. The SMILES string of the molecule is Cc1cccc([C@@H](CN)N2CC[C@@H](C(=O)O)C2)c1. The van der Waals surface area contributed by atoms with E-state index in [1.165, 1.54) is 11.1 Å². The molecule has 1 aromatic carbocycles. The first-order chi connectivity index (χ1) is 8.61. The second-order valence-corrected chi connectivity index (χ2v) is 4.98. The molecular weight excluding hydrogens is 228 g/mol. The summed E-state index contributed by atoms with van der Waals surface area (Å²) in [4.78, 5) is 13.2. The van der Waals surface area contributed by atoms with E-state index in [0.29, 0.717) is 13.1 Å². The molecule has 3 N–H and O–H groups in total. The number of likely N-dealkylation sites (tertiary alicyclic amines) is 1. The molecule has 2 atom stereocenters. The van der Waals surface area contributed by atoms with Crippen molar-refractivity contribution in [3.63, 3.8) is 0 Å². The highest BCUT2D eigenvalue weighted by Gasteiger charge is 2.32. The Morgan fingerprint density at radius 3 is 2.94 bits per heavy atom. The number of carboxylic acids is 1. The highest BCUT2D eigenvalue weighted by atomic mass is 16.4. The molecule has 0 unspecified atom stereocenters. The number of aryl methyl sites for hydroxylation is 1. The van der Waals surface area contributed by atoms with Crippen molar-refractivity contribution in [1.82, 2.24) is 4.90 Å². The van der Waals surface area contributed by atoms with Gasteiger partial charge in [0.1, 0.15) is 0 Å². The van der Waals surface area contributed by atoms with Crippen LogP contribution in [-0.4, -0.2) is 35.6 Å². The van der Waals surface area contributed by atoms with Crippen molar-refractivity contribution in [2.45, 2.75) is 19.4 Å². The van der Waals surface area contributed by atoms with Crippen LogP contribution >= 0.6 is 0 Å². The summed E-state index contributed by atoms with van der Waals surface area (Å²) < 4.78 is 0. The number of aliphatic carboxylic acids is 1. The van der Waals surface area contributed by atoms with Crippen molar-refractivity contribution in [1.29, 1.82) is 0 Å². The maximum absolute atomic E-state index is 11.0. The molecule has 1 aliphatic rings. The number of benzene rings is 1. The first-order valence-corrected chi connectivity index (χ1v) is 6.35. The van der Waals surface area contributed by atoms with Crippen molar-refractivity contribution in [3.8, 4) is 0 Å². The van der Waals surface area contributed by atoms with Crippen LogP contribution in [0.1, 0.15) is 23.6 Å². The van der Waals surface area contributed by atoms with Crippen LogP contribution in [0.5, 0.6) is 0 Å². The average molecular weight is 248 g/mol. The predicted molar refractivity (Wildman–Crippen MR) is 70.3 cm³/mol. The van der Waals surface area contributed by atoms with Crippen LogP contribution in [-0.2, 0) is 4.79 Å². The third kappa shape index (κ3) is 2.71. The van der Waals surface area contributed by atoms with Gasteiger partial charge in [-0.3, -0.25) is 9.69 Å². The maximum Gasteiger partial charge on any atom is 0.307 e. The lowest BCUT2D eigenvalue weighted by molar-refractivity contribution is -0.141. The Morgan fingerprint density at radius 1 is 1.61 bits per heavy atom. The Labute approximate surface area is 107 Å². The molecular formula is C14H20N2O2. The molecule has 0 saturated carbocycles. The van der Waals surface area contributed by atoms with E-state index in [1.807, 2.05) is 6.07 Å². The van der Waals surface area contributed by atoms with Gasteiger partial charge < -0.3 is 10.8 Å². The van der Waals surface area contributed by atoms with Crippen molar-refractivity contribution < 1.29 is 9.90 Å². The van der Waals surface area contributed by atoms with Crippen molar-refractivity contribution >= 4 is 5.97 Å². The number of nitrogens with two attached hydrogens (primary N) is 1. The standard InChI is InChI=1S/C14H20N2O2/c1-10-3-2-4-11(7-10)13(8-15)16-6-5-12(9-16)14(17)18/h2-4,7,12-13H,5-6,8-9,15H2,1H3,(H,17,18)/t12-,13-/m1/s1. The summed E-state index contributed by atoms with van der Waals surface area (Å²) in [6.45, 7) is 3.99. The Kier molecular flexibility index (Phi) is 3.99. The molecule has 18 heavy (non-hydrogen) atoms. The minimum Gasteiger partial charge on any atom is -0.481 e. The molecule has 1 aromatic rings. The molecule has 1 saturated heterocycles. The summed E-state index contributed by atoms with van der Waals surface area (Å²) in [6.07, 6.45) is 0.720. The van der Waals surface area contributed by atoms with E-state index in [9.17, 15) is 4.79 Å². The molecule has 0 amide bonds. The zero-order valence-corrected chi connectivity index (χ0v) is 10.7. The quantitative estimate of drug-likeness (QED) is 0.845. The topological polar surface area (TPSA) is 66.6 Å². The summed E-state index contributed by atoms with van der Waals surface area (Å²) >= 11 is 0. The van der Waals surface area contributed by atoms with Gasteiger partial charge in [0.25, 0.3) is 0 Å². The van der Waals surface area contributed by atoms with Crippen molar-refractivity contribution in [3.05, 3.63) is 35.4 Å². The van der Waals surface area contributed by atoms with Gasteiger partial charge in [0.05, 0.1) is 5.92 Å². The first kappa shape index (κ1) is 13.1.